The summed E-state index contributed by atoms with van der Waals surface area (Å²) in [6, 6.07) is 12.2. The highest BCUT2D eigenvalue weighted by Crippen LogP contribution is 2.34. The number of aryl methyl sites for hydroxylation is 1. The van der Waals surface area contributed by atoms with Crippen LogP contribution in [0.1, 0.15) is 35.8 Å². The highest BCUT2D eigenvalue weighted by Gasteiger charge is 2.25. The van der Waals surface area contributed by atoms with E-state index in [0.717, 1.165) is 17.1 Å². The Morgan fingerprint density at radius 3 is 2.62 bits per heavy atom. The van der Waals surface area contributed by atoms with Crippen molar-refractivity contribution in [3.63, 3.8) is 0 Å². The molecule has 0 radical (unpaired) electrons. The molecular weight excluding hydrogens is 324 g/mol. The smallest absolute Gasteiger partial charge is 0.275 e. The number of furan rings is 1. The van der Waals surface area contributed by atoms with Crippen LogP contribution >= 0.6 is 0 Å². The van der Waals surface area contributed by atoms with Crippen molar-refractivity contribution in [2.75, 3.05) is 21.1 Å². The van der Waals surface area contributed by atoms with Gasteiger partial charge < -0.3 is 4.42 Å². The predicted molar refractivity (Wildman–Crippen MR) is 93.2 cm³/mol. The van der Waals surface area contributed by atoms with Crippen molar-refractivity contribution in [2.24, 2.45) is 0 Å². The van der Waals surface area contributed by atoms with Crippen LogP contribution in [0.2, 0.25) is 0 Å². The van der Waals surface area contributed by atoms with Crippen LogP contribution < -0.4 is 0 Å². The molecular formula is C18H24N2O3S. The SMILES string of the molecule is CN(Cc1ccc(S(=O)(=O)N(C)C)o1)[C@@H]1CCCc2ccccc21. The van der Waals surface area contributed by atoms with Crippen molar-refractivity contribution in [2.45, 2.75) is 36.9 Å². The summed E-state index contributed by atoms with van der Waals surface area (Å²) in [6.07, 6.45) is 3.41. The number of rotatable bonds is 5. The Morgan fingerprint density at radius 1 is 1.12 bits per heavy atom. The van der Waals surface area contributed by atoms with Crippen LogP contribution in [0.4, 0.5) is 0 Å². The van der Waals surface area contributed by atoms with Crippen LogP contribution in [0.5, 0.6) is 0 Å². The molecule has 0 N–H and O–H groups in total. The van der Waals surface area contributed by atoms with Crippen molar-refractivity contribution in [3.8, 4) is 0 Å². The van der Waals surface area contributed by atoms with Crippen LogP contribution in [0.15, 0.2) is 45.9 Å². The second kappa shape index (κ2) is 6.70. The number of hydrogen-bond acceptors (Lipinski definition) is 4. The summed E-state index contributed by atoms with van der Waals surface area (Å²) < 4.78 is 31.0. The summed E-state index contributed by atoms with van der Waals surface area (Å²) in [5, 5.41) is -0.0000516. The van der Waals surface area contributed by atoms with Crippen molar-refractivity contribution in [3.05, 3.63) is 53.3 Å². The maximum absolute atomic E-state index is 12.1. The third-order valence-electron chi connectivity index (χ3n) is 4.65. The minimum absolute atomic E-state index is 0.0000516. The molecule has 0 saturated carbocycles. The van der Waals surface area contributed by atoms with E-state index in [4.69, 9.17) is 4.42 Å². The number of benzene rings is 1. The summed E-state index contributed by atoms with van der Waals surface area (Å²) in [4.78, 5) is 2.24. The molecule has 0 fully saturated rings. The quantitative estimate of drug-likeness (QED) is 0.833. The largest absolute Gasteiger partial charge is 0.447 e. The lowest BCUT2D eigenvalue weighted by atomic mass is 9.87. The maximum atomic E-state index is 12.1. The van der Waals surface area contributed by atoms with E-state index in [-0.39, 0.29) is 5.09 Å². The molecule has 0 aliphatic heterocycles. The molecule has 0 saturated heterocycles. The van der Waals surface area contributed by atoms with Crippen LogP contribution in [0, 0.1) is 0 Å². The third-order valence-corrected chi connectivity index (χ3v) is 6.34. The third kappa shape index (κ3) is 3.27. The second-order valence-electron chi connectivity index (χ2n) is 6.53. The van der Waals surface area contributed by atoms with Gasteiger partial charge in [-0.25, -0.2) is 12.7 Å². The van der Waals surface area contributed by atoms with Gasteiger partial charge in [0, 0.05) is 20.1 Å². The Hall–Kier alpha value is -1.63. The van der Waals surface area contributed by atoms with Gasteiger partial charge in [0.25, 0.3) is 10.0 Å². The summed E-state index contributed by atoms with van der Waals surface area (Å²) in [6.45, 7) is 0.585. The fourth-order valence-corrected chi connectivity index (χ4v) is 4.12. The minimum atomic E-state index is -3.52. The van der Waals surface area contributed by atoms with Gasteiger partial charge in [0.2, 0.25) is 5.09 Å². The van der Waals surface area contributed by atoms with E-state index in [2.05, 4.69) is 36.2 Å². The molecule has 3 rings (SSSR count). The predicted octanol–water partition coefficient (Wildman–Crippen LogP) is 3.04. The number of sulfonamides is 1. The monoisotopic (exact) mass is 348 g/mol. The lowest BCUT2D eigenvalue weighted by Gasteiger charge is -2.32. The lowest BCUT2D eigenvalue weighted by molar-refractivity contribution is 0.193. The molecule has 1 aliphatic carbocycles. The summed E-state index contributed by atoms with van der Waals surface area (Å²) in [5.74, 6) is 0.668. The van der Waals surface area contributed by atoms with Crippen molar-refractivity contribution < 1.29 is 12.8 Å². The van der Waals surface area contributed by atoms with Crippen LogP contribution in [0.3, 0.4) is 0 Å². The van der Waals surface area contributed by atoms with E-state index in [1.807, 2.05) is 0 Å². The second-order valence-corrected chi connectivity index (χ2v) is 8.61. The summed E-state index contributed by atoms with van der Waals surface area (Å²) >= 11 is 0. The Balaban J connectivity index is 1.77. The van der Waals surface area contributed by atoms with Crippen LogP contribution in [0.25, 0.3) is 0 Å². The molecule has 5 nitrogen and oxygen atoms in total. The van der Waals surface area contributed by atoms with E-state index in [0.29, 0.717) is 18.3 Å². The molecule has 0 unspecified atom stereocenters. The average molecular weight is 348 g/mol. The molecule has 0 amide bonds. The fourth-order valence-electron chi connectivity index (χ4n) is 3.30. The van der Waals surface area contributed by atoms with E-state index in [1.165, 1.54) is 37.7 Å². The first-order valence-electron chi connectivity index (χ1n) is 8.19. The van der Waals surface area contributed by atoms with Gasteiger partial charge in [0.05, 0.1) is 6.54 Å². The zero-order valence-electron chi connectivity index (χ0n) is 14.4. The molecule has 1 aromatic carbocycles. The molecule has 6 heteroatoms. The maximum Gasteiger partial charge on any atom is 0.275 e. The fraction of sp³-hybridized carbons (Fsp3) is 0.444. The first-order chi connectivity index (χ1) is 11.4. The molecule has 1 aliphatic rings. The summed E-state index contributed by atoms with van der Waals surface area (Å²) in [7, 11) is 1.55. The van der Waals surface area contributed by atoms with Gasteiger partial charge in [-0.05, 0) is 49.6 Å². The zero-order chi connectivity index (χ0) is 17.3. The number of fused-ring (bicyclic) bond motifs is 1. The van der Waals surface area contributed by atoms with E-state index in [9.17, 15) is 8.42 Å². The Labute approximate surface area is 143 Å². The first-order valence-corrected chi connectivity index (χ1v) is 9.63. The van der Waals surface area contributed by atoms with Crippen molar-refractivity contribution in [1.29, 1.82) is 0 Å². The molecule has 1 aromatic heterocycles. The molecule has 2 aromatic rings. The van der Waals surface area contributed by atoms with E-state index < -0.39 is 10.0 Å². The van der Waals surface area contributed by atoms with Crippen LogP contribution in [-0.2, 0) is 23.0 Å². The Morgan fingerprint density at radius 2 is 1.88 bits per heavy atom. The first kappa shape index (κ1) is 17.2. The van der Waals surface area contributed by atoms with Gasteiger partial charge in [-0.3, -0.25) is 4.90 Å². The molecule has 0 spiro atoms. The molecule has 24 heavy (non-hydrogen) atoms. The van der Waals surface area contributed by atoms with E-state index in [1.54, 1.807) is 6.07 Å². The summed E-state index contributed by atoms with van der Waals surface area (Å²) in [5.41, 5.74) is 2.79. The number of nitrogens with zero attached hydrogens (tertiary/aromatic N) is 2. The standard InChI is InChI=1S/C18H24N2O3S/c1-19(2)24(21,22)18-12-11-15(23-18)13-20(3)17-10-6-8-14-7-4-5-9-16(14)17/h4-5,7,9,11-12,17H,6,8,10,13H2,1-3H3/t17-/m1/s1. The van der Waals surface area contributed by atoms with Gasteiger partial charge in [0.15, 0.2) is 0 Å². The Kier molecular flexibility index (Phi) is 4.80. The average Bonchev–Trinajstić information content (AvgIpc) is 3.03. The molecule has 1 heterocycles. The Bertz CT molecular complexity index is 811. The van der Waals surface area contributed by atoms with Gasteiger partial charge in [-0.15, -0.1) is 0 Å². The molecule has 0 bridgehead atoms. The van der Waals surface area contributed by atoms with Crippen LogP contribution in [-0.4, -0.2) is 38.8 Å². The number of hydrogen-bond donors (Lipinski definition) is 0. The highest BCUT2D eigenvalue weighted by atomic mass is 32.2. The molecule has 130 valence electrons. The van der Waals surface area contributed by atoms with E-state index >= 15 is 0 Å². The van der Waals surface area contributed by atoms with Gasteiger partial charge in [0.1, 0.15) is 5.76 Å². The zero-order valence-corrected chi connectivity index (χ0v) is 15.2. The molecule has 1 atom stereocenters. The normalized spacial score (nSPS) is 18.1. The van der Waals surface area contributed by atoms with Gasteiger partial charge >= 0.3 is 0 Å². The minimum Gasteiger partial charge on any atom is -0.447 e. The van der Waals surface area contributed by atoms with Crippen molar-refractivity contribution >= 4 is 10.0 Å². The van der Waals surface area contributed by atoms with Gasteiger partial charge in [-0.1, -0.05) is 24.3 Å². The van der Waals surface area contributed by atoms with Crippen molar-refractivity contribution in [1.82, 2.24) is 9.21 Å². The highest BCUT2D eigenvalue weighted by molar-refractivity contribution is 7.88. The topological polar surface area (TPSA) is 53.8 Å². The lowest BCUT2D eigenvalue weighted by Crippen LogP contribution is -2.27. The van der Waals surface area contributed by atoms with Gasteiger partial charge in [-0.2, -0.15) is 0 Å².